The van der Waals surface area contributed by atoms with Crippen molar-refractivity contribution in [1.82, 2.24) is 5.32 Å². The molecule has 1 amide bonds. The summed E-state index contributed by atoms with van der Waals surface area (Å²) in [6, 6.07) is 5.11. The maximum Gasteiger partial charge on any atom is 0.240 e. The van der Waals surface area contributed by atoms with E-state index in [1.807, 2.05) is 13.8 Å². The Bertz CT molecular complexity index is 620. The van der Waals surface area contributed by atoms with Crippen LogP contribution in [-0.4, -0.2) is 46.4 Å². The molecule has 0 aromatic heterocycles. The first-order valence-electron chi connectivity index (χ1n) is 7.31. The molecule has 1 rings (SSSR count). The zero-order valence-electron chi connectivity index (χ0n) is 13.6. The van der Waals surface area contributed by atoms with E-state index in [0.717, 1.165) is 16.6 Å². The molecule has 0 aliphatic rings. The van der Waals surface area contributed by atoms with Crippen LogP contribution >= 0.6 is 0 Å². The van der Waals surface area contributed by atoms with E-state index < -0.39 is 28.3 Å². The van der Waals surface area contributed by atoms with Gasteiger partial charge < -0.3 is 10.1 Å². The molecule has 0 aliphatic heterocycles. The topological polar surface area (TPSA) is 75.7 Å². The summed E-state index contributed by atoms with van der Waals surface area (Å²) >= 11 is 0. The van der Waals surface area contributed by atoms with Gasteiger partial charge in [0.15, 0.2) is 0 Å². The van der Waals surface area contributed by atoms with Crippen LogP contribution in [0.1, 0.15) is 20.3 Å². The number of anilines is 1. The SMILES string of the molecule is CC(C)OCCCNC(=O)CN(c1cccc(F)c1)S(C)(=O)=O. The van der Waals surface area contributed by atoms with Crippen molar-refractivity contribution < 1.29 is 22.3 Å². The van der Waals surface area contributed by atoms with E-state index in [4.69, 9.17) is 4.74 Å². The van der Waals surface area contributed by atoms with E-state index in [9.17, 15) is 17.6 Å². The number of nitrogens with one attached hydrogen (secondary N) is 1. The molecule has 1 aromatic rings. The fraction of sp³-hybridized carbons (Fsp3) is 0.533. The van der Waals surface area contributed by atoms with Gasteiger partial charge in [0.2, 0.25) is 15.9 Å². The van der Waals surface area contributed by atoms with Crippen LogP contribution in [0.4, 0.5) is 10.1 Å². The molecule has 1 N–H and O–H groups in total. The highest BCUT2D eigenvalue weighted by molar-refractivity contribution is 7.92. The third-order valence-corrected chi connectivity index (χ3v) is 4.02. The van der Waals surface area contributed by atoms with Crippen LogP contribution in [-0.2, 0) is 19.6 Å². The average molecular weight is 346 g/mol. The quantitative estimate of drug-likeness (QED) is 0.688. The molecule has 8 heteroatoms. The number of hydrogen-bond donors (Lipinski definition) is 1. The Balaban J connectivity index is 2.60. The second kappa shape index (κ2) is 8.83. The summed E-state index contributed by atoms with van der Waals surface area (Å²) in [5, 5.41) is 2.62. The largest absolute Gasteiger partial charge is 0.379 e. The normalized spacial score (nSPS) is 11.5. The Labute approximate surface area is 136 Å². The number of sulfonamides is 1. The first-order valence-corrected chi connectivity index (χ1v) is 9.16. The molecule has 1 aromatic carbocycles. The minimum Gasteiger partial charge on any atom is -0.379 e. The van der Waals surface area contributed by atoms with Crippen molar-refractivity contribution in [2.24, 2.45) is 0 Å². The third-order valence-electron chi connectivity index (χ3n) is 2.88. The fourth-order valence-electron chi connectivity index (χ4n) is 1.84. The molecule has 0 saturated carbocycles. The Morgan fingerprint density at radius 3 is 2.65 bits per heavy atom. The molecule has 0 fully saturated rings. The minimum atomic E-state index is -3.70. The summed E-state index contributed by atoms with van der Waals surface area (Å²) in [5.74, 6) is -1.02. The average Bonchev–Trinajstić information content (AvgIpc) is 2.42. The van der Waals surface area contributed by atoms with Crippen LogP contribution in [0.15, 0.2) is 24.3 Å². The minimum absolute atomic E-state index is 0.116. The van der Waals surface area contributed by atoms with E-state index >= 15 is 0 Å². The summed E-state index contributed by atoms with van der Waals surface area (Å²) in [6.07, 6.45) is 1.73. The smallest absolute Gasteiger partial charge is 0.240 e. The molecule has 23 heavy (non-hydrogen) atoms. The van der Waals surface area contributed by atoms with Crippen molar-refractivity contribution in [3.05, 3.63) is 30.1 Å². The monoisotopic (exact) mass is 346 g/mol. The first-order chi connectivity index (χ1) is 10.7. The fourth-order valence-corrected chi connectivity index (χ4v) is 2.68. The number of carbonyl (C=O) groups excluding carboxylic acids is 1. The van der Waals surface area contributed by atoms with Gasteiger partial charge in [0.1, 0.15) is 12.4 Å². The number of carbonyl (C=O) groups is 1. The van der Waals surface area contributed by atoms with Gasteiger partial charge in [-0.15, -0.1) is 0 Å². The first kappa shape index (κ1) is 19.4. The molecule has 0 bridgehead atoms. The molecule has 0 saturated heterocycles. The lowest BCUT2D eigenvalue weighted by Crippen LogP contribution is -2.40. The molecular formula is C15H23FN2O4S. The van der Waals surface area contributed by atoms with E-state index in [2.05, 4.69) is 5.32 Å². The maximum absolute atomic E-state index is 13.3. The molecular weight excluding hydrogens is 323 g/mol. The third kappa shape index (κ3) is 7.43. The number of nitrogens with zero attached hydrogens (tertiary/aromatic N) is 1. The van der Waals surface area contributed by atoms with E-state index in [0.29, 0.717) is 19.6 Å². The zero-order chi connectivity index (χ0) is 17.5. The highest BCUT2D eigenvalue weighted by Gasteiger charge is 2.20. The molecule has 130 valence electrons. The summed E-state index contributed by atoms with van der Waals surface area (Å²) in [5.41, 5.74) is 0.116. The molecule has 0 unspecified atom stereocenters. The van der Waals surface area contributed by atoms with E-state index in [-0.39, 0.29) is 11.8 Å². The van der Waals surface area contributed by atoms with Crippen molar-refractivity contribution in [2.45, 2.75) is 26.4 Å². The number of halogens is 1. The van der Waals surface area contributed by atoms with Gasteiger partial charge in [-0.05, 0) is 38.5 Å². The van der Waals surface area contributed by atoms with Crippen molar-refractivity contribution in [3.63, 3.8) is 0 Å². The van der Waals surface area contributed by atoms with Crippen LogP contribution in [0.3, 0.4) is 0 Å². The summed E-state index contributed by atoms with van der Waals surface area (Å²) in [6.45, 7) is 4.33. The standard InChI is InChI=1S/C15H23FN2O4S/c1-12(2)22-9-5-8-17-15(19)11-18(23(3,20)21)14-7-4-6-13(16)10-14/h4,6-7,10,12H,5,8-9,11H2,1-3H3,(H,17,19). The van der Waals surface area contributed by atoms with Gasteiger partial charge in [-0.1, -0.05) is 6.07 Å². The van der Waals surface area contributed by atoms with Gasteiger partial charge >= 0.3 is 0 Å². The van der Waals surface area contributed by atoms with Gasteiger partial charge in [0, 0.05) is 13.2 Å². The van der Waals surface area contributed by atoms with Gasteiger partial charge in [0.25, 0.3) is 0 Å². The molecule has 0 aliphatic carbocycles. The lowest BCUT2D eigenvalue weighted by molar-refractivity contribution is -0.119. The number of rotatable bonds is 9. The van der Waals surface area contributed by atoms with Crippen LogP contribution < -0.4 is 9.62 Å². The van der Waals surface area contributed by atoms with Crippen molar-refractivity contribution in [1.29, 1.82) is 0 Å². The van der Waals surface area contributed by atoms with E-state index in [1.165, 1.54) is 18.2 Å². The van der Waals surface area contributed by atoms with Gasteiger partial charge in [-0.25, -0.2) is 12.8 Å². The van der Waals surface area contributed by atoms with Crippen LogP contribution in [0.5, 0.6) is 0 Å². The van der Waals surface area contributed by atoms with Crippen LogP contribution in [0.25, 0.3) is 0 Å². The van der Waals surface area contributed by atoms with Crippen LogP contribution in [0.2, 0.25) is 0 Å². The zero-order valence-corrected chi connectivity index (χ0v) is 14.4. The highest BCUT2D eigenvalue weighted by atomic mass is 32.2. The Morgan fingerprint density at radius 2 is 2.09 bits per heavy atom. The highest BCUT2D eigenvalue weighted by Crippen LogP contribution is 2.18. The second-order valence-electron chi connectivity index (χ2n) is 5.37. The molecule has 6 nitrogen and oxygen atoms in total. The second-order valence-corrected chi connectivity index (χ2v) is 7.28. The van der Waals surface area contributed by atoms with Gasteiger partial charge in [-0.2, -0.15) is 0 Å². The van der Waals surface area contributed by atoms with E-state index in [1.54, 1.807) is 0 Å². The molecule has 0 radical (unpaired) electrons. The maximum atomic E-state index is 13.3. The summed E-state index contributed by atoms with van der Waals surface area (Å²) in [7, 11) is -3.70. The molecule has 0 spiro atoms. The van der Waals surface area contributed by atoms with Gasteiger partial charge in [0.05, 0.1) is 18.0 Å². The van der Waals surface area contributed by atoms with Crippen molar-refractivity contribution in [2.75, 3.05) is 30.3 Å². The Hall–Kier alpha value is -1.67. The van der Waals surface area contributed by atoms with Gasteiger partial charge in [-0.3, -0.25) is 9.10 Å². The van der Waals surface area contributed by atoms with Crippen molar-refractivity contribution >= 4 is 21.6 Å². The predicted molar refractivity (Wildman–Crippen MR) is 87.3 cm³/mol. The number of benzene rings is 1. The van der Waals surface area contributed by atoms with Crippen LogP contribution in [0, 0.1) is 5.82 Å². The molecule has 0 heterocycles. The number of amides is 1. The Kier molecular flexibility index (Phi) is 7.44. The van der Waals surface area contributed by atoms with Crippen molar-refractivity contribution in [3.8, 4) is 0 Å². The summed E-state index contributed by atoms with van der Waals surface area (Å²) in [4.78, 5) is 11.9. The predicted octanol–water partition coefficient (Wildman–Crippen LogP) is 1.52. The number of ether oxygens (including phenoxy) is 1. The number of hydrogen-bond acceptors (Lipinski definition) is 4. The molecule has 0 atom stereocenters. The lowest BCUT2D eigenvalue weighted by atomic mass is 10.3. The Morgan fingerprint density at radius 1 is 1.39 bits per heavy atom. The summed E-state index contributed by atoms with van der Waals surface area (Å²) < 4.78 is 43.1. The lowest BCUT2D eigenvalue weighted by Gasteiger charge is -2.21.